The topological polar surface area (TPSA) is 67.6 Å². The van der Waals surface area contributed by atoms with Crippen LogP contribution in [0.4, 0.5) is 0 Å². The van der Waals surface area contributed by atoms with E-state index >= 15 is 0 Å². The van der Waals surface area contributed by atoms with E-state index in [0.717, 1.165) is 18.7 Å². The molecule has 1 heterocycles. The van der Waals surface area contributed by atoms with Crippen molar-refractivity contribution < 1.29 is 17.8 Å². The molecule has 2 aromatic carbocycles. The normalized spacial score (nSPS) is 21.6. The molecule has 4 atom stereocenters. The third-order valence-electron chi connectivity index (χ3n) is 4.66. The minimum atomic E-state index is -3.46. The van der Waals surface area contributed by atoms with E-state index in [1.807, 2.05) is 37.3 Å². The van der Waals surface area contributed by atoms with Crippen molar-refractivity contribution in [1.82, 2.24) is 9.62 Å². The van der Waals surface area contributed by atoms with Gasteiger partial charge in [-0.2, -0.15) is 0 Å². The third-order valence-corrected chi connectivity index (χ3v) is 8.18. The first-order valence-electron chi connectivity index (χ1n) is 8.70. The Kier molecular flexibility index (Phi) is 6.63. The highest BCUT2D eigenvalue weighted by Gasteiger charge is 2.51. The lowest BCUT2D eigenvalue weighted by Gasteiger charge is -2.25. The third kappa shape index (κ3) is 4.93. The van der Waals surface area contributed by atoms with E-state index in [2.05, 4.69) is 21.8 Å². The summed E-state index contributed by atoms with van der Waals surface area (Å²) in [7, 11) is -2.26. The van der Waals surface area contributed by atoms with Crippen LogP contribution in [0, 0.1) is 6.92 Å². The van der Waals surface area contributed by atoms with Crippen LogP contribution >= 0.6 is 7.60 Å². The van der Waals surface area contributed by atoms with Crippen LogP contribution in [0.2, 0.25) is 0 Å². The highest BCUT2D eigenvalue weighted by Crippen LogP contribution is 2.55. The lowest BCUT2D eigenvalue weighted by Crippen LogP contribution is -2.37. The maximum Gasteiger partial charge on any atom is 0.349 e. The summed E-state index contributed by atoms with van der Waals surface area (Å²) in [5.74, 6) is -0.682. The number of benzene rings is 2. The minimum absolute atomic E-state index is 0.0784. The second-order valence-corrected chi connectivity index (χ2v) is 10.1. The summed E-state index contributed by atoms with van der Waals surface area (Å²) in [4.78, 5) is 2.78. The monoisotopic (exact) mass is 408 g/mol. The molecule has 0 saturated carbocycles. The molecular weight excluding hydrogens is 383 g/mol. The van der Waals surface area contributed by atoms with Gasteiger partial charge in [-0.25, -0.2) is 8.93 Å². The SMILES string of the molecule is COP(=O)(OC)[C@@H](NS(=O)c1ccc(C)cc1)[C@@H]1CN1Cc1ccccc1. The maximum absolute atomic E-state index is 13.1. The Bertz CT molecular complexity index is 823. The van der Waals surface area contributed by atoms with E-state index < -0.39 is 24.4 Å². The van der Waals surface area contributed by atoms with Crippen molar-refractivity contribution in [3.63, 3.8) is 0 Å². The standard InChI is InChI=1S/C19H25N2O4PS/c1-15-9-11-17(12-10-15)27(23)20-19(26(22,24-2)25-3)18-14-21(18)13-16-7-5-4-6-8-16/h4-12,18-20H,13-14H2,1-3H3/t18-,19+,21?,27?/m0/s1. The quantitative estimate of drug-likeness (QED) is 0.509. The van der Waals surface area contributed by atoms with Crippen molar-refractivity contribution in [2.75, 3.05) is 20.8 Å². The Morgan fingerprint density at radius 2 is 1.78 bits per heavy atom. The van der Waals surface area contributed by atoms with E-state index in [9.17, 15) is 8.77 Å². The fraction of sp³-hybridized carbons (Fsp3) is 0.368. The number of rotatable bonds is 9. The van der Waals surface area contributed by atoms with Crippen LogP contribution in [0.25, 0.3) is 0 Å². The Hall–Kier alpha value is -1.34. The maximum atomic E-state index is 13.1. The van der Waals surface area contributed by atoms with Gasteiger partial charge in [-0.1, -0.05) is 48.0 Å². The summed E-state index contributed by atoms with van der Waals surface area (Å²) in [6.45, 7) is 3.43. The van der Waals surface area contributed by atoms with Gasteiger partial charge in [0.2, 0.25) is 0 Å². The number of aryl methyl sites for hydroxylation is 1. The molecule has 1 aliphatic rings. The highest BCUT2D eigenvalue weighted by atomic mass is 32.2. The molecule has 2 aromatic rings. The average molecular weight is 408 g/mol. The van der Waals surface area contributed by atoms with Crippen LogP contribution in [0.15, 0.2) is 59.5 Å². The summed E-state index contributed by atoms with van der Waals surface area (Å²) in [6, 6.07) is 17.4. The van der Waals surface area contributed by atoms with E-state index in [0.29, 0.717) is 4.90 Å². The predicted molar refractivity (Wildman–Crippen MR) is 107 cm³/mol. The minimum Gasteiger partial charge on any atom is -0.311 e. The average Bonchev–Trinajstić information content (AvgIpc) is 3.45. The molecule has 0 aliphatic carbocycles. The van der Waals surface area contributed by atoms with E-state index in [-0.39, 0.29) is 6.04 Å². The number of nitrogens with zero attached hydrogens (tertiary/aromatic N) is 1. The molecule has 1 aliphatic heterocycles. The van der Waals surface area contributed by atoms with Gasteiger partial charge >= 0.3 is 7.60 Å². The largest absolute Gasteiger partial charge is 0.349 e. The summed E-state index contributed by atoms with van der Waals surface area (Å²) < 4.78 is 39.3. The number of hydrogen-bond donors (Lipinski definition) is 1. The first kappa shape index (κ1) is 20.4. The number of hydrogen-bond acceptors (Lipinski definition) is 5. The van der Waals surface area contributed by atoms with Crippen LogP contribution in [0.3, 0.4) is 0 Å². The molecule has 1 fully saturated rings. The molecule has 8 heteroatoms. The van der Waals surface area contributed by atoms with Crippen LogP contribution in [-0.2, 0) is 31.1 Å². The Balaban J connectivity index is 1.75. The summed E-state index contributed by atoms with van der Waals surface area (Å²) in [5.41, 5.74) is 2.26. The Morgan fingerprint density at radius 1 is 1.15 bits per heavy atom. The second-order valence-electron chi connectivity index (χ2n) is 6.53. The summed E-state index contributed by atoms with van der Waals surface area (Å²) in [5, 5.41) is 0. The van der Waals surface area contributed by atoms with Crippen molar-refractivity contribution in [3.8, 4) is 0 Å². The molecule has 27 heavy (non-hydrogen) atoms. The fourth-order valence-electron chi connectivity index (χ4n) is 2.99. The predicted octanol–water partition coefficient (Wildman–Crippen LogP) is 3.30. The summed E-state index contributed by atoms with van der Waals surface area (Å²) in [6.07, 6.45) is 0. The molecule has 0 amide bonds. The van der Waals surface area contributed by atoms with E-state index in [1.54, 1.807) is 12.1 Å². The molecule has 2 unspecified atom stereocenters. The van der Waals surface area contributed by atoms with Crippen LogP contribution < -0.4 is 4.72 Å². The lowest BCUT2D eigenvalue weighted by atomic mass is 10.2. The van der Waals surface area contributed by atoms with Crippen molar-refractivity contribution >= 4 is 18.6 Å². The van der Waals surface area contributed by atoms with E-state index in [1.165, 1.54) is 19.8 Å². The van der Waals surface area contributed by atoms with Gasteiger partial charge in [-0.3, -0.25) is 9.46 Å². The van der Waals surface area contributed by atoms with Gasteiger partial charge in [0.25, 0.3) is 0 Å². The zero-order chi connectivity index (χ0) is 19.4. The molecule has 146 valence electrons. The van der Waals surface area contributed by atoms with Gasteiger partial charge < -0.3 is 9.05 Å². The number of nitrogens with one attached hydrogen (secondary N) is 1. The fourth-order valence-corrected chi connectivity index (χ4v) is 5.99. The van der Waals surface area contributed by atoms with Crippen molar-refractivity contribution in [3.05, 3.63) is 65.7 Å². The van der Waals surface area contributed by atoms with Crippen molar-refractivity contribution in [2.24, 2.45) is 0 Å². The summed E-state index contributed by atoms with van der Waals surface area (Å²) >= 11 is 0. The van der Waals surface area contributed by atoms with Crippen LogP contribution in [-0.4, -0.2) is 41.7 Å². The van der Waals surface area contributed by atoms with Gasteiger partial charge in [-0.05, 0) is 24.6 Å². The molecule has 0 aromatic heterocycles. The molecule has 1 saturated heterocycles. The first-order valence-corrected chi connectivity index (χ1v) is 11.5. The second kappa shape index (κ2) is 8.78. The lowest BCUT2D eigenvalue weighted by molar-refractivity contribution is 0.259. The van der Waals surface area contributed by atoms with E-state index in [4.69, 9.17) is 9.05 Å². The molecule has 0 bridgehead atoms. The first-order chi connectivity index (χ1) is 13.0. The molecule has 6 nitrogen and oxygen atoms in total. The van der Waals surface area contributed by atoms with Gasteiger partial charge in [0, 0.05) is 27.3 Å². The van der Waals surface area contributed by atoms with Crippen LogP contribution in [0.1, 0.15) is 11.1 Å². The van der Waals surface area contributed by atoms with Gasteiger partial charge in [0.15, 0.2) is 0 Å². The molecule has 0 spiro atoms. The van der Waals surface area contributed by atoms with Gasteiger partial charge in [0.1, 0.15) is 16.8 Å². The van der Waals surface area contributed by atoms with Crippen molar-refractivity contribution in [2.45, 2.75) is 30.2 Å². The van der Waals surface area contributed by atoms with Crippen LogP contribution in [0.5, 0.6) is 0 Å². The Labute approximate surface area is 163 Å². The smallest absolute Gasteiger partial charge is 0.311 e. The Morgan fingerprint density at radius 3 is 2.37 bits per heavy atom. The highest BCUT2D eigenvalue weighted by molar-refractivity contribution is 7.83. The molecule has 0 radical (unpaired) electrons. The van der Waals surface area contributed by atoms with Gasteiger partial charge in [-0.15, -0.1) is 0 Å². The molecule has 3 rings (SSSR count). The molecule has 1 N–H and O–H groups in total. The van der Waals surface area contributed by atoms with Gasteiger partial charge in [0.05, 0.1) is 10.9 Å². The zero-order valence-electron chi connectivity index (χ0n) is 15.7. The molecular formula is C19H25N2O4PS. The van der Waals surface area contributed by atoms with Crippen molar-refractivity contribution in [1.29, 1.82) is 0 Å². The zero-order valence-corrected chi connectivity index (χ0v) is 17.4.